The van der Waals surface area contributed by atoms with Crippen LogP contribution in [-0.4, -0.2) is 10.1 Å². The number of phenolic OH excluding ortho intramolecular Hbond substituents is 1. The lowest BCUT2D eigenvalue weighted by Gasteiger charge is -2.01. The minimum atomic E-state index is 0.0477. The van der Waals surface area contributed by atoms with Crippen LogP contribution in [0.4, 0.5) is 5.82 Å². The fourth-order valence-electron chi connectivity index (χ4n) is 1.30. The third kappa shape index (κ3) is 1.21. The van der Waals surface area contributed by atoms with Gasteiger partial charge in [0.15, 0.2) is 0 Å². The van der Waals surface area contributed by atoms with Gasteiger partial charge in [0, 0.05) is 5.39 Å². The van der Waals surface area contributed by atoms with E-state index in [9.17, 15) is 5.11 Å². The fraction of sp³-hybridized carbons (Fsp3) is 0. The second-order valence-corrected chi connectivity index (χ2v) is 2.91. The van der Waals surface area contributed by atoms with Crippen molar-refractivity contribution in [3.63, 3.8) is 0 Å². The van der Waals surface area contributed by atoms with Crippen LogP contribution in [0.5, 0.6) is 5.75 Å². The summed E-state index contributed by atoms with van der Waals surface area (Å²) in [6.45, 7) is 0. The quantitative estimate of drug-likeness (QED) is 0.649. The van der Waals surface area contributed by atoms with E-state index in [0.29, 0.717) is 22.3 Å². The zero-order chi connectivity index (χ0) is 10.1. The van der Waals surface area contributed by atoms with Gasteiger partial charge in [-0.2, -0.15) is 5.26 Å². The molecule has 4 heteroatoms. The molecule has 0 fully saturated rings. The van der Waals surface area contributed by atoms with Gasteiger partial charge >= 0.3 is 0 Å². The van der Waals surface area contributed by atoms with Gasteiger partial charge in [-0.25, -0.2) is 4.98 Å². The van der Waals surface area contributed by atoms with Gasteiger partial charge in [-0.3, -0.25) is 0 Å². The molecule has 2 rings (SSSR count). The van der Waals surface area contributed by atoms with Crippen molar-refractivity contribution in [2.24, 2.45) is 0 Å². The predicted octanol–water partition coefficient (Wildman–Crippen LogP) is 1.39. The summed E-state index contributed by atoms with van der Waals surface area (Å²) in [6, 6.07) is 8.21. The van der Waals surface area contributed by atoms with Crippen molar-refractivity contribution in [2.75, 3.05) is 5.73 Å². The van der Waals surface area contributed by atoms with Crippen LogP contribution in [0.15, 0.2) is 24.3 Å². The first kappa shape index (κ1) is 8.32. The zero-order valence-electron chi connectivity index (χ0n) is 7.23. The standard InChI is InChI=1S/C10H7N3O/c11-5-6-3-8-7(9(14)4-6)1-2-10(12)13-8/h1-4,14H,(H2,12,13). The third-order valence-electron chi connectivity index (χ3n) is 1.94. The van der Waals surface area contributed by atoms with E-state index in [0.717, 1.165) is 0 Å². The van der Waals surface area contributed by atoms with Crippen LogP contribution < -0.4 is 5.73 Å². The Morgan fingerprint density at radius 2 is 2.14 bits per heavy atom. The van der Waals surface area contributed by atoms with Crippen LogP contribution in [0.25, 0.3) is 10.9 Å². The number of nitrogens with zero attached hydrogens (tertiary/aromatic N) is 2. The van der Waals surface area contributed by atoms with E-state index in [2.05, 4.69) is 4.98 Å². The maximum atomic E-state index is 9.54. The molecule has 0 atom stereocenters. The lowest BCUT2D eigenvalue weighted by Crippen LogP contribution is -1.90. The summed E-state index contributed by atoms with van der Waals surface area (Å²) < 4.78 is 0. The minimum Gasteiger partial charge on any atom is -0.507 e. The smallest absolute Gasteiger partial charge is 0.126 e. The Morgan fingerprint density at radius 3 is 2.86 bits per heavy atom. The van der Waals surface area contributed by atoms with Gasteiger partial charge in [0.25, 0.3) is 0 Å². The number of aromatic nitrogens is 1. The second-order valence-electron chi connectivity index (χ2n) is 2.91. The molecule has 0 spiro atoms. The van der Waals surface area contributed by atoms with Gasteiger partial charge in [0.05, 0.1) is 17.1 Å². The van der Waals surface area contributed by atoms with E-state index in [4.69, 9.17) is 11.0 Å². The average Bonchev–Trinajstić information content (AvgIpc) is 2.16. The molecule has 1 heterocycles. The maximum Gasteiger partial charge on any atom is 0.126 e. The molecule has 14 heavy (non-hydrogen) atoms. The lowest BCUT2D eigenvalue weighted by atomic mass is 10.1. The van der Waals surface area contributed by atoms with E-state index in [1.54, 1.807) is 18.2 Å². The van der Waals surface area contributed by atoms with Crippen molar-refractivity contribution >= 4 is 16.7 Å². The number of aromatic hydroxyl groups is 1. The van der Waals surface area contributed by atoms with E-state index < -0.39 is 0 Å². The molecule has 0 bridgehead atoms. The summed E-state index contributed by atoms with van der Waals surface area (Å²) in [5, 5.41) is 18.8. The first-order chi connectivity index (χ1) is 6.70. The number of fused-ring (bicyclic) bond motifs is 1. The summed E-state index contributed by atoms with van der Waals surface area (Å²) >= 11 is 0. The topological polar surface area (TPSA) is 82.9 Å². The molecule has 0 aliphatic heterocycles. The summed E-state index contributed by atoms with van der Waals surface area (Å²) in [4.78, 5) is 4.01. The average molecular weight is 185 g/mol. The van der Waals surface area contributed by atoms with Gasteiger partial charge in [0.1, 0.15) is 11.6 Å². The molecule has 0 radical (unpaired) electrons. The Morgan fingerprint density at radius 1 is 1.36 bits per heavy atom. The van der Waals surface area contributed by atoms with Crippen LogP contribution in [0.2, 0.25) is 0 Å². The molecule has 68 valence electrons. The molecular weight excluding hydrogens is 178 g/mol. The largest absolute Gasteiger partial charge is 0.507 e. The number of rotatable bonds is 0. The highest BCUT2D eigenvalue weighted by molar-refractivity contribution is 5.87. The normalized spacial score (nSPS) is 9.93. The van der Waals surface area contributed by atoms with Gasteiger partial charge in [-0.15, -0.1) is 0 Å². The summed E-state index contributed by atoms with van der Waals surface area (Å²) in [5.41, 5.74) is 6.39. The predicted molar refractivity (Wildman–Crippen MR) is 52.5 cm³/mol. The molecule has 0 aliphatic rings. The monoisotopic (exact) mass is 185 g/mol. The summed E-state index contributed by atoms with van der Waals surface area (Å²) in [5.74, 6) is 0.415. The Balaban J connectivity index is 2.85. The minimum absolute atomic E-state index is 0.0477. The molecule has 2 aromatic rings. The first-order valence-corrected chi connectivity index (χ1v) is 4.00. The molecule has 0 amide bonds. The maximum absolute atomic E-state index is 9.54. The fourth-order valence-corrected chi connectivity index (χ4v) is 1.30. The molecule has 1 aromatic carbocycles. The number of nitriles is 1. The van der Waals surface area contributed by atoms with Crippen molar-refractivity contribution in [3.05, 3.63) is 29.8 Å². The van der Waals surface area contributed by atoms with E-state index in [1.807, 2.05) is 6.07 Å². The van der Waals surface area contributed by atoms with Crippen LogP contribution in [0.3, 0.4) is 0 Å². The van der Waals surface area contributed by atoms with Gasteiger partial charge in [-0.05, 0) is 24.3 Å². The van der Waals surface area contributed by atoms with Crippen LogP contribution in [0, 0.1) is 11.3 Å². The summed E-state index contributed by atoms with van der Waals surface area (Å²) in [7, 11) is 0. The van der Waals surface area contributed by atoms with E-state index >= 15 is 0 Å². The Labute approximate surface area is 80.2 Å². The molecule has 0 saturated carbocycles. The zero-order valence-corrected chi connectivity index (χ0v) is 7.23. The van der Waals surface area contributed by atoms with Crippen molar-refractivity contribution in [1.29, 1.82) is 5.26 Å². The van der Waals surface area contributed by atoms with Crippen molar-refractivity contribution in [2.45, 2.75) is 0 Å². The first-order valence-electron chi connectivity index (χ1n) is 4.00. The number of phenols is 1. The molecule has 3 N–H and O–H groups in total. The van der Waals surface area contributed by atoms with Crippen molar-refractivity contribution in [3.8, 4) is 11.8 Å². The van der Waals surface area contributed by atoms with Gasteiger partial charge < -0.3 is 10.8 Å². The van der Waals surface area contributed by atoms with Crippen LogP contribution in [-0.2, 0) is 0 Å². The lowest BCUT2D eigenvalue weighted by molar-refractivity contribution is 0.481. The third-order valence-corrected chi connectivity index (χ3v) is 1.94. The highest BCUT2D eigenvalue weighted by atomic mass is 16.3. The Hall–Kier alpha value is -2.28. The Bertz CT molecular complexity index is 543. The van der Waals surface area contributed by atoms with Crippen LogP contribution >= 0.6 is 0 Å². The highest BCUT2D eigenvalue weighted by Gasteiger charge is 2.03. The summed E-state index contributed by atoms with van der Waals surface area (Å²) in [6.07, 6.45) is 0. The van der Waals surface area contributed by atoms with E-state index in [-0.39, 0.29) is 5.75 Å². The second kappa shape index (κ2) is 2.89. The number of nitrogen functional groups attached to an aromatic ring is 1. The molecule has 0 unspecified atom stereocenters. The molecule has 4 nitrogen and oxygen atoms in total. The van der Waals surface area contributed by atoms with Gasteiger partial charge in [-0.1, -0.05) is 0 Å². The SMILES string of the molecule is N#Cc1cc(O)c2ccc(N)nc2c1. The number of benzene rings is 1. The number of hydrogen-bond acceptors (Lipinski definition) is 4. The van der Waals surface area contributed by atoms with E-state index in [1.165, 1.54) is 6.07 Å². The highest BCUT2D eigenvalue weighted by Crippen LogP contribution is 2.25. The van der Waals surface area contributed by atoms with Crippen molar-refractivity contribution in [1.82, 2.24) is 4.98 Å². The van der Waals surface area contributed by atoms with Crippen molar-refractivity contribution < 1.29 is 5.11 Å². The number of pyridine rings is 1. The molecular formula is C10H7N3O. The number of anilines is 1. The number of nitrogens with two attached hydrogens (primary N) is 1. The molecule has 1 aromatic heterocycles. The van der Waals surface area contributed by atoms with Gasteiger partial charge in [0.2, 0.25) is 0 Å². The Kier molecular flexibility index (Phi) is 1.72. The molecule has 0 aliphatic carbocycles. The molecule has 0 saturated heterocycles. The number of hydrogen-bond donors (Lipinski definition) is 2. The van der Waals surface area contributed by atoms with Crippen LogP contribution in [0.1, 0.15) is 5.56 Å².